The predicted molar refractivity (Wildman–Crippen MR) is 64.0 cm³/mol. The van der Waals surface area contributed by atoms with Gasteiger partial charge < -0.3 is 4.90 Å². The summed E-state index contributed by atoms with van der Waals surface area (Å²) in [6, 6.07) is 0. The third-order valence-electron chi connectivity index (χ3n) is 1.96. The van der Waals surface area contributed by atoms with Gasteiger partial charge in [-0.05, 0) is 28.1 Å². The summed E-state index contributed by atoms with van der Waals surface area (Å²) in [6.45, 7) is 2.30. The summed E-state index contributed by atoms with van der Waals surface area (Å²) in [6.07, 6.45) is 1.28. The number of thiazole rings is 1. The van der Waals surface area contributed by atoms with Gasteiger partial charge in [-0.1, -0.05) is 0 Å². The minimum Gasteiger partial charge on any atom is -0.347 e. The average molecular weight is 279 g/mol. The first-order valence-corrected chi connectivity index (χ1v) is 7.13. The molecule has 0 amide bonds. The molecule has 0 bridgehead atoms. The van der Waals surface area contributed by atoms with Gasteiger partial charge in [0.25, 0.3) is 0 Å². The lowest BCUT2D eigenvalue weighted by atomic mass is 10.4. The number of halogens is 1. The third-order valence-corrected chi connectivity index (χ3v) is 4.62. The highest BCUT2D eigenvalue weighted by molar-refractivity contribution is 9.10. The van der Waals surface area contributed by atoms with Crippen molar-refractivity contribution >= 4 is 44.2 Å². The van der Waals surface area contributed by atoms with Crippen LogP contribution in [-0.4, -0.2) is 29.6 Å². The van der Waals surface area contributed by atoms with Crippen LogP contribution in [0.25, 0.3) is 0 Å². The molecule has 0 N–H and O–H groups in total. The number of rotatable bonds is 1. The average Bonchev–Trinajstić information content (AvgIpc) is 2.43. The highest BCUT2D eigenvalue weighted by atomic mass is 79.9. The Hall–Kier alpha value is 0.260. The van der Waals surface area contributed by atoms with Crippen LogP contribution in [0.4, 0.5) is 5.13 Å². The maximum Gasteiger partial charge on any atom is 0.186 e. The standard InChI is InChI=1S/C8H11BrN2S2/c9-7-6-13-8(10-7)11-2-1-4-12-5-3-11/h6H,1-5H2. The third kappa shape index (κ3) is 2.60. The van der Waals surface area contributed by atoms with E-state index in [1.165, 1.54) is 17.9 Å². The van der Waals surface area contributed by atoms with Crippen LogP contribution in [-0.2, 0) is 0 Å². The molecule has 0 atom stereocenters. The molecule has 1 fully saturated rings. The fourth-order valence-electron chi connectivity index (χ4n) is 1.33. The summed E-state index contributed by atoms with van der Waals surface area (Å²) in [5.74, 6) is 2.53. The molecule has 1 aliphatic heterocycles. The molecule has 72 valence electrons. The summed E-state index contributed by atoms with van der Waals surface area (Å²) in [5, 5.41) is 3.21. The quantitative estimate of drug-likeness (QED) is 0.786. The van der Waals surface area contributed by atoms with Gasteiger partial charge in [0.15, 0.2) is 5.13 Å². The summed E-state index contributed by atoms with van der Waals surface area (Å²) in [5.41, 5.74) is 0. The van der Waals surface area contributed by atoms with Crippen LogP contribution >= 0.6 is 39.0 Å². The van der Waals surface area contributed by atoms with Gasteiger partial charge in [0.2, 0.25) is 0 Å². The Balaban J connectivity index is 2.06. The maximum absolute atomic E-state index is 4.43. The van der Waals surface area contributed by atoms with E-state index < -0.39 is 0 Å². The molecule has 2 nitrogen and oxygen atoms in total. The Morgan fingerprint density at radius 1 is 1.38 bits per heavy atom. The van der Waals surface area contributed by atoms with Crippen molar-refractivity contribution in [3.63, 3.8) is 0 Å². The highest BCUT2D eigenvalue weighted by Crippen LogP contribution is 2.25. The summed E-state index contributed by atoms with van der Waals surface area (Å²) in [7, 11) is 0. The lowest BCUT2D eigenvalue weighted by Crippen LogP contribution is -2.25. The van der Waals surface area contributed by atoms with Gasteiger partial charge in [-0.25, -0.2) is 4.98 Å². The Kier molecular flexibility index (Phi) is 3.51. The molecule has 0 aromatic carbocycles. The molecule has 0 unspecified atom stereocenters. The second kappa shape index (κ2) is 4.66. The van der Waals surface area contributed by atoms with Crippen molar-refractivity contribution in [1.82, 2.24) is 4.98 Å². The van der Waals surface area contributed by atoms with Crippen molar-refractivity contribution in [3.8, 4) is 0 Å². The number of hydrogen-bond donors (Lipinski definition) is 0. The first kappa shape index (κ1) is 9.80. The van der Waals surface area contributed by atoms with Gasteiger partial charge in [0, 0.05) is 24.2 Å². The second-order valence-electron chi connectivity index (χ2n) is 2.91. The SMILES string of the molecule is Brc1csc(N2CCCSCC2)n1. The monoisotopic (exact) mass is 278 g/mol. The maximum atomic E-state index is 4.43. The van der Waals surface area contributed by atoms with Crippen molar-refractivity contribution < 1.29 is 0 Å². The van der Waals surface area contributed by atoms with Gasteiger partial charge >= 0.3 is 0 Å². The molecule has 0 aliphatic carbocycles. The zero-order valence-electron chi connectivity index (χ0n) is 7.20. The first-order chi connectivity index (χ1) is 6.36. The molecule has 2 rings (SSSR count). The lowest BCUT2D eigenvalue weighted by molar-refractivity contribution is 0.811. The predicted octanol–water partition coefficient (Wildman–Crippen LogP) is 2.85. The van der Waals surface area contributed by atoms with Gasteiger partial charge in [-0.15, -0.1) is 11.3 Å². The summed E-state index contributed by atoms with van der Waals surface area (Å²) in [4.78, 5) is 6.81. The molecular weight excluding hydrogens is 268 g/mol. The Morgan fingerprint density at radius 3 is 3.08 bits per heavy atom. The van der Waals surface area contributed by atoms with Crippen LogP contribution < -0.4 is 4.90 Å². The van der Waals surface area contributed by atoms with Crippen LogP contribution in [0.1, 0.15) is 6.42 Å². The number of nitrogens with zero attached hydrogens (tertiary/aromatic N) is 2. The van der Waals surface area contributed by atoms with E-state index in [9.17, 15) is 0 Å². The molecular formula is C8H11BrN2S2. The largest absolute Gasteiger partial charge is 0.347 e. The summed E-state index contributed by atoms with van der Waals surface area (Å²) >= 11 is 7.15. The van der Waals surface area contributed by atoms with E-state index in [2.05, 4.69) is 25.8 Å². The van der Waals surface area contributed by atoms with E-state index in [-0.39, 0.29) is 0 Å². The Labute approximate surface area is 94.9 Å². The van der Waals surface area contributed by atoms with E-state index in [1.54, 1.807) is 11.3 Å². The van der Waals surface area contributed by atoms with E-state index in [0.717, 1.165) is 22.8 Å². The van der Waals surface area contributed by atoms with E-state index >= 15 is 0 Å². The lowest BCUT2D eigenvalue weighted by Gasteiger charge is -2.17. The molecule has 0 saturated carbocycles. The molecule has 2 heterocycles. The van der Waals surface area contributed by atoms with Crippen LogP contribution in [0.2, 0.25) is 0 Å². The minimum atomic E-state index is 0.962. The minimum absolute atomic E-state index is 0.962. The molecule has 1 aliphatic rings. The molecule has 1 saturated heterocycles. The molecule has 13 heavy (non-hydrogen) atoms. The van der Waals surface area contributed by atoms with Crippen LogP contribution in [0, 0.1) is 0 Å². The van der Waals surface area contributed by atoms with Crippen LogP contribution in [0.3, 0.4) is 0 Å². The number of anilines is 1. The van der Waals surface area contributed by atoms with Crippen molar-refractivity contribution in [2.24, 2.45) is 0 Å². The van der Waals surface area contributed by atoms with Gasteiger partial charge in [-0.3, -0.25) is 0 Å². The van der Waals surface area contributed by atoms with Crippen LogP contribution in [0.5, 0.6) is 0 Å². The summed E-state index contributed by atoms with van der Waals surface area (Å²) < 4.78 is 0.962. The van der Waals surface area contributed by atoms with Crippen molar-refractivity contribution in [2.45, 2.75) is 6.42 Å². The van der Waals surface area contributed by atoms with E-state index in [4.69, 9.17) is 0 Å². The molecule has 1 aromatic rings. The number of hydrogen-bond acceptors (Lipinski definition) is 4. The first-order valence-electron chi connectivity index (χ1n) is 4.30. The topological polar surface area (TPSA) is 16.1 Å². The van der Waals surface area contributed by atoms with Crippen molar-refractivity contribution in [3.05, 3.63) is 9.98 Å². The van der Waals surface area contributed by atoms with Crippen molar-refractivity contribution in [2.75, 3.05) is 29.5 Å². The van der Waals surface area contributed by atoms with Gasteiger partial charge in [-0.2, -0.15) is 11.8 Å². The zero-order valence-corrected chi connectivity index (χ0v) is 10.4. The smallest absolute Gasteiger partial charge is 0.186 e. The Morgan fingerprint density at radius 2 is 2.31 bits per heavy atom. The van der Waals surface area contributed by atoms with Gasteiger partial charge in [0.05, 0.1) is 0 Å². The fourth-order valence-corrected chi connectivity index (χ4v) is 3.52. The second-order valence-corrected chi connectivity index (χ2v) is 5.78. The van der Waals surface area contributed by atoms with Crippen LogP contribution in [0.15, 0.2) is 9.98 Å². The zero-order chi connectivity index (χ0) is 9.10. The Bertz CT molecular complexity index is 269. The number of aromatic nitrogens is 1. The number of thioether (sulfide) groups is 1. The van der Waals surface area contributed by atoms with Gasteiger partial charge in [0.1, 0.15) is 4.60 Å². The molecule has 1 aromatic heterocycles. The molecule has 5 heteroatoms. The molecule has 0 spiro atoms. The fraction of sp³-hybridized carbons (Fsp3) is 0.625. The highest BCUT2D eigenvalue weighted by Gasteiger charge is 2.12. The van der Waals surface area contributed by atoms with Crippen molar-refractivity contribution in [1.29, 1.82) is 0 Å². The van der Waals surface area contributed by atoms with E-state index in [1.807, 2.05) is 17.1 Å². The normalized spacial score (nSPS) is 18.7. The van der Waals surface area contributed by atoms with E-state index in [0.29, 0.717) is 0 Å². The molecule has 0 radical (unpaired) electrons.